The highest BCUT2D eigenvalue weighted by Crippen LogP contribution is 2.23. The number of ether oxygens (including phenoxy) is 1. The van der Waals surface area contributed by atoms with Gasteiger partial charge in [0.25, 0.3) is 0 Å². The predicted molar refractivity (Wildman–Crippen MR) is 88.6 cm³/mol. The molecule has 120 valence electrons. The van der Waals surface area contributed by atoms with E-state index in [-0.39, 0.29) is 6.42 Å². The maximum Gasteiger partial charge on any atom is 0.318 e. The molecule has 0 heterocycles. The number of nitrogens with zero attached hydrogens (tertiary/aromatic N) is 1. The number of benzene rings is 2. The van der Waals surface area contributed by atoms with Gasteiger partial charge in [-0.05, 0) is 36.4 Å². The van der Waals surface area contributed by atoms with Crippen LogP contribution in [0.1, 0.15) is 6.42 Å². The molecule has 6 nitrogen and oxygen atoms in total. The van der Waals surface area contributed by atoms with Crippen molar-refractivity contribution in [1.82, 2.24) is 5.32 Å². The Morgan fingerprint density at radius 1 is 1.04 bits per heavy atom. The summed E-state index contributed by atoms with van der Waals surface area (Å²) in [6.07, 6.45) is 0.182. The maximum absolute atomic E-state index is 11.4. The van der Waals surface area contributed by atoms with Gasteiger partial charge in [-0.1, -0.05) is 18.2 Å². The molecule has 0 atom stereocenters. The molecule has 0 aliphatic heterocycles. The molecule has 0 aromatic heterocycles. The summed E-state index contributed by atoms with van der Waals surface area (Å²) in [7, 11) is 1.87. The highest BCUT2D eigenvalue weighted by molar-refractivity contribution is 5.93. The Hall–Kier alpha value is -3.02. The average Bonchev–Trinajstić information content (AvgIpc) is 2.54. The molecule has 0 spiro atoms. The van der Waals surface area contributed by atoms with Gasteiger partial charge in [-0.25, -0.2) is 4.79 Å². The third-order valence-electron chi connectivity index (χ3n) is 3.19. The minimum atomic E-state index is -0.833. The number of imide groups is 1. The van der Waals surface area contributed by atoms with Crippen LogP contribution in [-0.4, -0.2) is 25.5 Å². The van der Waals surface area contributed by atoms with Crippen molar-refractivity contribution in [2.45, 2.75) is 6.42 Å². The van der Waals surface area contributed by atoms with Crippen molar-refractivity contribution in [1.29, 1.82) is 0 Å². The van der Waals surface area contributed by atoms with E-state index < -0.39 is 11.9 Å². The van der Waals surface area contributed by atoms with E-state index in [0.29, 0.717) is 6.54 Å². The lowest BCUT2D eigenvalue weighted by atomic mass is 10.2. The molecule has 2 aromatic carbocycles. The number of rotatable bonds is 6. The quantitative estimate of drug-likeness (QED) is 0.858. The van der Waals surface area contributed by atoms with Gasteiger partial charge in [0.2, 0.25) is 5.91 Å². The van der Waals surface area contributed by atoms with Gasteiger partial charge in [-0.3, -0.25) is 10.1 Å². The van der Waals surface area contributed by atoms with Crippen LogP contribution < -0.4 is 20.7 Å². The van der Waals surface area contributed by atoms with Gasteiger partial charge >= 0.3 is 6.03 Å². The van der Waals surface area contributed by atoms with Crippen LogP contribution in [0.25, 0.3) is 0 Å². The number of amides is 3. The first-order chi connectivity index (χ1) is 11.0. The molecule has 0 saturated carbocycles. The number of anilines is 1. The van der Waals surface area contributed by atoms with Crippen LogP contribution in [0.2, 0.25) is 0 Å². The first kappa shape index (κ1) is 16.4. The van der Waals surface area contributed by atoms with Gasteiger partial charge in [0.15, 0.2) is 0 Å². The SMILES string of the molecule is CN(CCC(=O)NC(N)=O)c1ccc(Oc2ccccc2)cc1. The molecular formula is C17H19N3O3. The summed E-state index contributed by atoms with van der Waals surface area (Å²) >= 11 is 0. The number of para-hydroxylation sites is 1. The molecule has 0 unspecified atom stereocenters. The highest BCUT2D eigenvalue weighted by atomic mass is 16.5. The molecule has 6 heteroatoms. The third-order valence-corrected chi connectivity index (χ3v) is 3.19. The number of hydrogen-bond acceptors (Lipinski definition) is 4. The third kappa shape index (κ3) is 5.35. The zero-order valence-electron chi connectivity index (χ0n) is 12.9. The summed E-state index contributed by atoms with van der Waals surface area (Å²) in [5.41, 5.74) is 5.83. The molecule has 3 N–H and O–H groups in total. The Morgan fingerprint density at radius 3 is 2.26 bits per heavy atom. The van der Waals surface area contributed by atoms with Gasteiger partial charge < -0.3 is 15.4 Å². The van der Waals surface area contributed by atoms with E-state index in [1.807, 2.05) is 71.9 Å². The second-order valence-corrected chi connectivity index (χ2v) is 4.99. The standard InChI is InChI=1S/C17H19N3O3/c1-20(12-11-16(21)19-17(18)22)13-7-9-15(10-8-13)23-14-5-3-2-4-6-14/h2-10H,11-12H2,1H3,(H3,18,19,21,22). The van der Waals surface area contributed by atoms with Crippen molar-refractivity contribution in [2.75, 3.05) is 18.5 Å². The molecular weight excluding hydrogens is 294 g/mol. The van der Waals surface area contributed by atoms with E-state index in [0.717, 1.165) is 17.2 Å². The largest absolute Gasteiger partial charge is 0.457 e. The van der Waals surface area contributed by atoms with Gasteiger partial charge in [-0.15, -0.1) is 0 Å². The van der Waals surface area contributed by atoms with E-state index >= 15 is 0 Å². The zero-order chi connectivity index (χ0) is 16.7. The lowest BCUT2D eigenvalue weighted by molar-refractivity contribution is -0.119. The summed E-state index contributed by atoms with van der Waals surface area (Å²) in [5, 5.41) is 2.04. The molecule has 23 heavy (non-hydrogen) atoms. The van der Waals surface area contributed by atoms with Gasteiger partial charge in [0, 0.05) is 25.7 Å². The zero-order valence-corrected chi connectivity index (χ0v) is 12.9. The lowest BCUT2D eigenvalue weighted by Crippen LogP contribution is -2.36. The lowest BCUT2D eigenvalue weighted by Gasteiger charge is -2.19. The Bertz CT molecular complexity index is 657. The molecule has 2 rings (SSSR count). The van der Waals surface area contributed by atoms with E-state index in [1.165, 1.54) is 0 Å². The molecule has 0 fully saturated rings. The van der Waals surface area contributed by atoms with Gasteiger partial charge in [-0.2, -0.15) is 0 Å². The number of primary amides is 1. The predicted octanol–water partition coefficient (Wildman–Crippen LogP) is 2.50. The maximum atomic E-state index is 11.4. The summed E-state index contributed by atoms with van der Waals surface area (Å²) in [4.78, 5) is 23.9. The molecule has 3 amide bonds. The van der Waals surface area contributed by atoms with Crippen molar-refractivity contribution >= 4 is 17.6 Å². The van der Waals surface area contributed by atoms with Gasteiger partial charge in [0.1, 0.15) is 11.5 Å². The number of hydrogen-bond donors (Lipinski definition) is 2. The first-order valence-corrected chi connectivity index (χ1v) is 7.18. The molecule has 0 aliphatic carbocycles. The van der Waals surface area contributed by atoms with Crippen LogP contribution >= 0.6 is 0 Å². The fourth-order valence-electron chi connectivity index (χ4n) is 1.99. The second-order valence-electron chi connectivity index (χ2n) is 4.99. The molecule has 0 bridgehead atoms. The van der Waals surface area contributed by atoms with Crippen LogP contribution in [-0.2, 0) is 4.79 Å². The van der Waals surface area contributed by atoms with Gasteiger partial charge in [0.05, 0.1) is 0 Å². The Morgan fingerprint density at radius 2 is 1.65 bits per heavy atom. The molecule has 0 aliphatic rings. The number of carbonyl (C=O) groups excluding carboxylic acids is 2. The van der Waals surface area contributed by atoms with E-state index in [1.54, 1.807) is 0 Å². The number of carbonyl (C=O) groups is 2. The van der Waals surface area contributed by atoms with Crippen LogP contribution in [0.5, 0.6) is 11.5 Å². The minimum Gasteiger partial charge on any atom is -0.457 e. The number of urea groups is 1. The molecule has 0 saturated heterocycles. The Balaban J connectivity index is 1.88. The fraction of sp³-hybridized carbons (Fsp3) is 0.176. The topological polar surface area (TPSA) is 84.7 Å². The van der Waals surface area contributed by atoms with Crippen LogP contribution in [0.4, 0.5) is 10.5 Å². The van der Waals surface area contributed by atoms with E-state index in [2.05, 4.69) is 0 Å². The smallest absolute Gasteiger partial charge is 0.318 e. The summed E-state index contributed by atoms with van der Waals surface area (Å²) < 4.78 is 5.72. The number of nitrogens with two attached hydrogens (primary N) is 1. The average molecular weight is 313 g/mol. The molecule has 0 radical (unpaired) electrons. The second kappa shape index (κ2) is 7.84. The van der Waals surface area contributed by atoms with Crippen molar-refractivity contribution in [2.24, 2.45) is 5.73 Å². The van der Waals surface area contributed by atoms with Crippen molar-refractivity contribution in [3.8, 4) is 11.5 Å². The number of nitrogens with one attached hydrogen (secondary N) is 1. The summed E-state index contributed by atoms with van der Waals surface area (Å²) in [6, 6.07) is 16.2. The summed E-state index contributed by atoms with van der Waals surface area (Å²) in [5.74, 6) is 1.12. The minimum absolute atomic E-state index is 0.182. The van der Waals surface area contributed by atoms with Crippen LogP contribution in [0, 0.1) is 0 Å². The molecule has 2 aromatic rings. The monoisotopic (exact) mass is 313 g/mol. The summed E-state index contributed by atoms with van der Waals surface area (Å²) in [6.45, 7) is 0.470. The van der Waals surface area contributed by atoms with E-state index in [9.17, 15) is 9.59 Å². The van der Waals surface area contributed by atoms with Crippen LogP contribution in [0.3, 0.4) is 0 Å². The van der Waals surface area contributed by atoms with Crippen molar-refractivity contribution in [3.63, 3.8) is 0 Å². The van der Waals surface area contributed by atoms with E-state index in [4.69, 9.17) is 10.5 Å². The van der Waals surface area contributed by atoms with Crippen molar-refractivity contribution in [3.05, 3.63) is 54.6 Å². The fourth-order valence-corrected chi connectivity index (χ4v) is 1.99. The van der Waals surface area contributed by atoms with Crippen LogP contribution in [0.15, 0.2) is 54.6 Å². The normalized spacial score (nSPS) is 9.96. The highest BCUT2D eigenvalue weighted by Gasteiger charge is 2.07. The Labute approximate surface area is 134 Å². The van der Waals surface area contributed by atoms with Crippen molar-refractivity contribution < 1.29 is 14.3 Å². The Kier molecular flexibility index (Phi) is 5.57. The first-order valence-electron chi connectivity index (χ1n) is 7.18.